The molecule has 1 fully saturated rings. The minimum atomic E-state index is -3.45. The van der Waals surface area contributed by atoms with E-state index in [4.69, 9.17) is 0 Å². The average Bonchev–Trinajstić information content (AvgIpc) is 2.69. The number of amides is 1. The Morgan fingerprint density at radius 3 is 2.32 bits per heavy atom. The van der Waals surface area contributed by atoms with E-state index in [0.717, 1.165) is 10.0 Å². The second-order valence-corrected chi connectivity index (χ2v) is 9.59. The Bertz CT molecular complexity index is 924. The maximum Gasteiger partial charge on any atom is 0.252 e. The second-order valence-electron chi connectivity index (χ2n) is 6.79. The Labute approximate surface area is 174 Å². The molecule has 0 atom stereocenters. The summed E-state index contributed by atoms with van der Waals surface area (Å²) < 4.78 is 27.8. The third-order valence-electron chi connectivity index (χ3n) is 4.82. The predicted octanol–water partition coefficient (Wildman–Crippen LogP) is 2.49. The van der Waals surface area contributed by atoms with Gasteiger partial charge in [0, 0.05) is 43.7 Å². The fourth-order valence-electron chi connectivity index (χ4n) is 3.12. The van der Waals surface area contributed by atoms with Gasteiger partial charge in [-0.25, -0.2) is 8.42 Å². The molecule has 0 saturated carbocycles. The number of nitrogens with zero attached hydrogens (tertiary/aromatic N) is 2. The molecule has 2 aromatic rings. The van der Waals surface area contributed by atoms with Gasteiger partial charge in [0.15, 0.2) is 0 Å². The lowest BCUT2D eigenvalue weighted by Gasteiger charge is -2.34. The lowest BCUT2D eigenvalue weighted by molar-refractivity contribution is 0.0944. The summed E-state index contributed by atoms with van der Waals surface area (Å²) in [7, 11) is -3.45. The predicted molar refractivity (Wildman–Crippen MR) is 113 cm³/mol. The summed E-state index contributed by atoms with van der Waals surface area (Å²) >= 11 is 3.38. The van der Waals surface area contributed by atoms with E-state index < -0.39 is 10.0 Å². The largest absolute Gasteiger partial charge is 0.351 e. The van der Waals surface area contributed by atoms with Crippen LogP contribution in [-0.2, 0) is 10.0 Å². The van der Waals surface area contributed by atoms with Gasteiger partial charge in [-0.3, -0.25) is 9.69 Å². The van der Waals surface area contributed by atoms with Gasteiger partial charge in [-0.2, -0.15) is 4.31 Å². The van der Waals surface area contributed by atoms with Crippen molar-refractivity contribution in [2.75, 3.05) is 39.3 Å². The molecule has 2 aromatic carbocycles. The smallest absolute Gasteiger partial charge is 0.252 e. The minimum Gasteiger partial charge on any atom is -0.351 e. The fourth-order valence-corrected chi connectivity index (χ4v) is 5.01. The van der Waals surface area contributed by atoms with Gasteiger partial charge in [-0.1, -0.05) is 29.8 Å². The first-order valence-electron chi connectivity index (χ1n) is 9.20. The van der Waals surface area contributed by atoms with Gasteiger partial charge in [-0.05, 0) is 47.1 Å². The summed E-state index contributed by atoms with van der Waals surface area (Å²) in [6, 6.07) is 14.3. The zero-order valence-corrected chi connectivity index (χ0v) is 18.2. The zero-order chi connectivity index (χ0) is 20.1. The van der Waals surface area contributed by atoms with Crippen molar-refractivity contribution >= 4 is 31.9 Å². The standard InChI is InChI=1S/C20H24BrN3O3S/c1-16-6-8-17(9-7-16)28(26,27)24-14-12-23(13-15-24)11-10-22-20(25)18-4-2-3-5-19(18)21/h2-9H,10-15H2,1H3,(H,22,25). The van der Waals surface area contributed by atoms with Crippen LogP contribution in [0.5, 0.6) is 0 Å². The molecule has 6 nitrogen and oxygen atoms in total. The molecule has 28 heavy (non-hydrogen) atoms. The molecule has 0 bridgehead atoms. The molecule has 3 rings (SSSR count). The third kappa shape index (κ3) is 5.00. The van der Waals surface area contributed by atoms with Gasteiger partial charge >= 0.3 is 0 Å². The van der Waals surface area contributed by atoms with Crippen LogP contribution < -0.4 is 5.32 Å². The van der Waals surface area contributed by atoms with Crippen LogP contribution in [0.2, 0.25) is 0 Å². The van der Waals surface area contributed by atoms with Gasteiger partial charge in [0.05, 0.1) is 10.5 Å². The van der Waals surface area contributed by atoms with Crippen LogP contribution in [0.3, 0.4) is 0 Å². The summed E-state index contributed by atoms with van der Waals surface area (Å²) in [5.41, 5.74) is 1.64. The SMILES string of the molecule is Cc1ccc(S(=O)(=O)N2CCN(CCNC(=O)c3ccccc3Br)CC2)cc1. The van der Waals surface area contributed by atoms with Gasteiger partial charge in [0.1, 0.15) is 0 Å². The van der Waals surface area contributed by atoms with Gasteiger partial charge < -0.3 is 5.32 Å². The van der Waals surface area contributed by atoms with Crippen molar-refractivity contribution in [1.82, 2.24) is 14.5 Å². The van der Waals surface area contributed by atoms with Crippen molar-refractivity contribution in [3.63, 3.8) is 0 Å². The van der Waals surface area contributed by atoms with Gasteiger partial charge in [0.2, 0.25) is 10.0 Å². The molecule has 1 aliphatic heterocycles. The van der Waals surface area contributed by atoms with Gasteiger partial charge in [0.25, 0.3) is 5.91 Å². The van der Waals surface area contributed by atoms with Crippen molar-refractivity contribution in [1.29, 1.82) is 0 Å². The molecule has 1 N–H and O–H groups in total. The number of benzene rings is 2. The molecule has 0 aliphatic carbocycles. The van der Waals surface area contributed by atoms with Crippen molar-refractivity contribution in [2.45, 2.75) is 11.8 Å². The highest BCUT2D eigenvalue weighted by Crippen LogP contribution is 2.18. The van der Waals surface area contributed by atoms with Crippen molar-refractivity contribution in [2.24, 2.45) is 0 Å². The summed E-state index contributed by atoms with van der Waals surface area (Å²) in [6.45, 7) is 5.35. The first-order valence-corrected chi connectivity index (χ1v) is 11.4. The van der Waals surface area contributed by atoms with Gasteiger partial charge in [-0.15, -0.1) is 0 Å². The Morgan fingerprint density at radius 2 is 1.68 bits per heavy atom. The van der Waals surface area contributed by atoms with E-state index in [1.807, 2.05) is 37.3 Å². The fraction of sp³-hybridized carbons (Fsp3) is 0.350. The second kappa shape index (κ2) is 9.17. The summed E-state index contributed by atoms with van der Waals surface area (Å²) in [5.74, 6) is -0.118. The molecule has 1 heterocycles. The normalized spacial score (nSPS) is 16.1. The molecule has 1 aliphatic rings. The van der Waals surface area contributed by atoms with Crippen LogP contribution in [0.25, 0.3) is 0 Å². The number of aryl methyl sites for hydroxylation is 1. The maximum absolute atomic E-state index is 12.7. The minimum absolute atomic E-state index is 0.118. The van der Waals surface area contributed by atoms with E-state index >= 15 is 0 Å². The van der Waals surface area contributed by atoms with E-state index in [1.165, 1.54) is 4.31 Å². The number of carbonyl (C=O) groups excluding carboxylic acids is 1. The van der Waals surface area contributed by atoms with Crippen LogP contribution >= 0.6 is 15.9 Å². The number of rotatable bonds is 6. The highest BCUT2D eigenvalue weighted by atomic mass is 79.9. The molecule has 0 radical (unpaired) electrons. The number of piperazine rings is 1. The number of nitrogens with one attached hydrogen (secondary N) is 1. The van der Waals surface area contributed by atoms with E-state index in [2.05, 4.69) is 26.1 Å². The topological polar surface area (TPSA) is 69.7 Å². The molecular formula is C20H24BrN3O3S. The van der Waals surface area contributed by atoms with E-state index in [9.17, 15) is 13.2 Å². The molecular weight excluding hydrogens is 442 g/mol. The number of sulfonamides is 1. The summed E-state index contributed by atoms with van der Waals surface area (Å²) in [4.78, 5) is 14.7. The Hall–Kier alpha value is -1.74. The van der Waals surface area contributed by atoms with Crippen LogP contribution in [0.4, 0.5) is 0 Å². The van der Waals surface area contributed by atoms with Crippen LogP contribution in [0.1, 0.15) is 15.9 Å². The lowest BCUT2D eigenvalue weighted by Crippen LogP contribution is -2.50. The van der Waals surface area contributed by atoms with E-state index in [0.29, 0.717) is 49.7 Å². The van der Waals surface area contributed by atoms with Crippen molar-refractivity contribution in [3.8, 4) is 0 Å². The monoisotopic (exact) mass is 465 g/mol. The average molecular weight is 466 g/mol. The summed E-state index contributed by atoms with van der Waals surface area (Å²) in [5, 5.41) is 2.92. The lowest BCUT2D eigenvalue weighted by atomic mass is 10.2. The van der Waals surface area contributed by atoms with Crippen LogP contribution in [0.15, 0.2) is 57.9 Å². The number of carbonyl (C=O) groups is 1. The summed E-state index contributed by atoms with van der Waals surface area (Å²) in [6.07, 6.45) is 0. The number of halogens is 1. The third-order valence-corrected chi connectivity index (χ3v) is 7.43. The first kappa shape index (κ1) is 21.0. The van der Waals surface area contributed by atoms with E-state index in [1.54, 1.807) is 18.2 Å². The van der Waals surface area contributed by atoms with E-state index in [-0.39, 0.29) is 5.91 Å². The van der Waals surface area contributed by atoms with Crippen molar-refractivity contribution in [3.05, 3.63) is 64.1 Å². The molecule has 1 saturated heterocycles. The van der Waals surface area contributed by atoms with Crippen LogP contribution in [0, 0.1) is 6.92 Å². The Balaban J connectivity index is 1.47. The van der Waals surface area contributed by atoms with Crippen molar-refractivity contribution < 1.29 is 13.2 Å². The Kier molecular flexibility index (Phi) is 6.87. The molecule has 0 aromatic heterocycles. The Morgan fingerprint density at radius 1 is 1.04 bits per heavy atom. The quantitative estimate of drug-likeness (QED) is 0.711. The molecule has 0 unspecified atom stereocenters. The molecule has 8 heteroatoms. The number of hydrogen-bond donors (Lipinski definition) is 1. The van der Waals surface area contributed by atoms with Crippen LogP contribution in [-0.4, -0.2) is 62.8 Å². The first-order chi connectivity index (χ1) is 13.4. The maximum atomic E-state index is 12.7. The number of hydrogen-bond acceptors (Lipinski definition) is 4. The zero-order valence-electron chi connectivity index (χ0n) is 15.8. The molecule has 150 valence electrons. The molecule has 0 spiro atoms. The highest BCUT2D eigenvalue weighted by molar-refractivity contribution is 9.10. The molecule has 1 amide bonds. The highest BCUT2D eigenvalue weighted by Gasteiger charge is 2.28.